The predicted molar refractivity (Wildman–Crippen MR) is 75.4 cm³/mol. The average molecular weight is 308 g/mol. The van der Waals surface area contributed by atoms with E-state index in [1.807, 2.05) is 0 Å². The summed E-state index contributed by atoms with van der Waals surface area (Å²) in [4.78, 5) is 10.9. The topological polar surface area (TPSA) is 60.4 Å². The molecule has 0 saturated heterocycles. The fraction of sp³-hybridized carbons (Fsp3) is 0.133. The molecule has 0 fully saturated rings. The van der Waals surface area contributed by atoms with E-state index in [-0.39, 0.29) is 16.4 Å². The summed E-state index contributed by atoms with van der Waals surface area (Å²) in [5, 5.41) is 0. The molecule has 0 amide bonds. The SMILES string of the molecule is CC(=O)c1ccc(OS(=O)(=O)c2cc(F)ccc2C)cc1. The standard InChI is InChI=1S/C15H13FO4S/c1-10-3-6-13(16)9-15(10)21(18,19)20-14-7-4-12(5-8-14)11(2)17/h3-9H,1-2H3. The zero-order chi connectivity index (χ0) is 15.6. The van der Waals surface area contributed by atoms with Crippen molar-refractivity contribution in [3.05, 3.63) is 59.4 Å². The molecular weight excluding hydrogens is 295 g/mol. The Morgan fingerprint density at radius 1 is 1.10 bits per heavy atom. The molecular formula is C15H13FO4S. The van der Waals surface area contributed by atoms with Crippen LogP contribution in [0.1, 0.15) is 22.8 Å². The lowest BCUT2D eigenvalue weighted by atomic mass is 10.1. The molecule has 21 heavy (non-hydrogen) atoms. The molecule has 0 bridgehead atoms. The maximum atomic E-state index is 13.2. The van der Waals surface area contributed by atoms with Gasteiger partial charge in [-0.1, -0.05) is 6.07 Å². The molecule has 0 aliphatic heterocycles. The highest BCUT2D eigenvalue weighted by atomic mass is 32.2. The van der Waals surface area contributed by atoms with E-state index in [9.17, 15) is 17.6 Å². The molecule has 0 unspecified atom stereocenters. The molecule has 4 nitrogen and oxygen atoms in total. The van der Waals surface area contributed by atoms with Crippen molar-refractivity contribution in [2.24, 2.45) is 0 Å². The van der Waals surface area contributed by atoms with Gasteiger partial charge in [-0.05, 0) is 55.8 Å². The van der Waals surface area contributed by atoms with Crippen molar-refractivity contribution in [1.82, 2.24) is 0 Å². The average Bonchev–Trinajstić information content (AvgIpc) is 2.41. The van der Waals surface area contributed by atoms with Gasteiger partial charge in [0.1, 0.15) is 16.5 Å². The summed E-state index contributed by atoms with van der Waals surface area (Å²) in [7, 11) is -4.12. The Kier molecular flexibility index (Phi) is 4.09. The summed E-state index contributed by atoms with van der Waals surface area (Å²) in [6.07, 6.45) is 0. The molecule has 2 rings (SSSR count). The molecule has 0 spiro atoms. The molecule has 0 heterocycles. The van der Waals surface area contributed by atoms with Crippen LogP contribution in [0.5, 0.6) is 5.75 Å². The van der Waals surface area contributed by atoms with Crippen LogP contribution in [-0.2, 0) is 10.1 Å². The fourth-order valence-corrected chi connectivity index (χ4v) is 2.93. The Bertz CT molecular complexity index is 780. The van der Waals surface area contributed by atoms with Gasteiger partial charge in [0, 0.05) is 5.56 Å². The van der Waals surface area contributed by atoms with Crippen molar-refractivity contribution in [2.75, 3.05) is 0 Å². The van der Waals surface area contributed by atoms with Crippen LogP contribution in [0.2, 0.25) is 0 Å². The highest BCUT2D eigenvalue weighted by Gasteiger charge is 2.20. The van der Waals surface area contributed by atoms with E-state index in [4.69, 9.17) is 4.18 Å². The minimum atomic E-state index is -4.12. The third-order valence-corrected chi connectivity index (χ3v) is 4.28. The van der Waals surface area contributed by atoms with Gasteiger partial charge in [0.2, 0.25) is 0 Å². The van der Waals surface area contributed by atoms with Crippen LogP contribution in [0, 0.1) is 12.7 Å². The predicted octanol–water partition coefficient (Wildman–Crippen LogP) is 3.10. The van der Waals surface area contributed by atoms with Crippen molar-refractivity contribution in [3.63, 3.8) is 0 Å². The number of Topliss-reactive ketones (excluding diaryl/α,β-unsaturated/α-hetero) is 1. The van der Waals surface area contributed by atoms with Gasteiger partial charge in [0.05, 0.1) is 0 Å². The van der Waals surface area contributed by atoms with Crippen molar-refractivity contribution >= 4 is 15.9 Å². The summed E-state index contributed by atoms with van der Waals surface area (Å²) >= 11 is 0. The first-order valence-corrected chi connectivity index (χ1v) is 7.52. The molecule has 0 aliphatic carbocycles. The van der Waals surface area contributed by atoms with Crippen LogP contribution in [0.3, 0.4) is 0 Å². The summed E-state index contributed by atoms with van der Waals surface area (Å²) in [6, 6.07) is 9.14. The second kappa shape index (κ2) is 5.65. The van der Waals surface area contributed by atoms with Crippen LogP contribution in [0.15, 0.2) is 47.4 Å². The number of halogens is 1. The second-order valence-corrected chi connectivity index (χ2v) is 6.04. The fourth-order valence-electron chi connectivity index (χ4n) is 1.76. The molecule has 0 saturated carbocycles. The quantitative estimate of drug-likeness (QED) is 0.643. The molecule has 0 aromatic heterocycles. The zero-order valence-corrected chi connectivity index (χ0v) is 12.3. The van der Waals surface area contributed by atoms with Crippen LogP contribution in [0.4, 0.5) is 4.39 Å². The van der Waals surface area contributed by atoms with Gasteiger partial charge in [-0.2, -0.15) is 8.42 Å². The van der Waals surface area contributed by atoms with Crippen LogP contribution >= 0.6 is 0 Å². The van der Waals surface area contributed by atoms with Gasteiger partial charge in [-0.25, -0.2) is 4.39 Å². The number of ketones is 1. The number of aryl methyl sites for hydroxylation is 1. The maximum absolute atomic E-state index is 13.2. The van der Waals surface area contributed by atoms with Crippen LogP contribution in [0.25, 0.3) is 0 Å². The summed E-state index contributed by atoms with van der Waals surface area (Å²) in [5.41, 5.74) is 0.832. The highest BCUT2D eigenvalue weighted by Crippen LogP contribution is 2.22. The van der Waals surface area contributed by atoms with Gasteiger partial charge in [-0.15, -0.1) is 0 Å². The third-order valence-electron chi connectivity index (χ3n) is 2.89. The Hall–Kier alpha value is -2.21. The lowest BCUT2D eigenvalue weighted by molar-refractivity contribution is 0.101. The van der Waals surface area contributed by atoms with E-state index in [1.54, 1.807) is 6.92 Å². The van der Waals surface area contributed by atoms with E-state index in [1.165, 1.54) is 43.3 Å². The van der Waals surface area contributed by atoms with E-state index < -0.39 is 15.9 Å². The van der Waals surface area contributed by atoms with Gasteiger partial charge < -0.3 is 4.18 Å². The van der Waals surface area contributed by atoms with Crippen LogP contribution < -0.4 is 4.18 Å². The summed E-state index contributed by atoms with van der Waals surface area (Å²) in [6.45, 7) is 2.96. The van der Waals surface area contributed by atoms with Gasteiger partial charge in [-0.3, -0.25) is 4.79 Å². The number of carbonyl (C=O) groups is 1. The first-order valence-electron chi connectivity index (χ1n) is 6.11. The van der Waals surface area contributed by atoms with E-state index in [0.29, 0.717) is 11.1 Å². The summed E-state index contributed by atoms with van der Waals surface area (Å²) < 4.78 is 42.4. The van der Waals surface area contributed by atoms with Crippen LogP contribution in [-0.4, -0.2) is 14.2 Å². The molecule has 0 aliphatic rings. The molecule has 6 heteroatoms. The van der Waals surface area contributed by atoms with Crippen molar-refractivity contribution in [1.29, 1.82) is 0 Å². The molecule has 0 atom stereocenters. The van der Waals surface area contributed by atoms with Crippen molar-refractivity contribution in [2.45, 2.75) is 18.7 Å². The second-order valence-electron chi connectivity index (χ2n) is 4.53. The largest absolute Gasteiger partial charge is 0.379 e. The Morgan fingerprint density at radius 2 is 1.71 bits per heavy atom. The number of rotatable bonds is 4. The smallest absolute Gasteiger partial charge is 0.339 e. The number of hydrogen-bond acceptors (Lipinski definition) is 4. The monoisotopic (exact) mass is 308 g/mol. The number of carbonyl (C=O) groups excluding carboxylic acids is 1. The van der Waals surface area contributed by atoms with Gasteiger partial charge >= 0.3 is 10.1 Å². The minimum absolute atomic E-state index is 0.0589. The van der Waals surface area contributed by atoms with Crippen molar-refractivity contribution < 1.29 is 21.8 Å². The number of hydrogen-bond donors (Lipinski definition) is 0. The molecule has 110 valence electrons. The Morgan fingerprint density at radius 3 is 2.29 bits per heavy atom. The lowest BCUT2D eigenvalue weighted by Gasteiger charge is -2.09. The maximum Gasteiger partial charge on any atom is 0.339 e. The molecule has 0 N–H and O–H groups in total. The zero-order valence-electron chi connectivity index (χ0n) is 11.5. The lowest BCUT2D eigenvalue weighted by Crippen LogP contribution is -2.11. The normalized spacial score (nSPS) is 11.2. The molecule has 2 aromatic rings. The minimum Gasteiger partial charge on any atom is -0.379 e. The van der Waals surface area contributed by atoms with E-state index in [0.717, 1.165) is 6.07 Å². The third kappa shape index (κ3) is 3.46. The highest BCUT2D eigenvalue weighted by molar-refractivity contribution is 7.87. The first-order chi connectivity index (χ1) is 9.79. The molecule has 2 aromatic carbocycles. The van der Waals surface area contributed by atoms with Crippen molar-refractivity contribution in [3.8, 4) is 5.75 Å². The van der Waals surface area contributed by atoms with E-state index >= 15 is 0 Å². The Balaban J connectivity index is 2.33. The Labute approximate surface area is 122 Å². The van der Waals surface area contributed by atoms with Gasteiger partial charge in [0.15, 0.2) is 5.78 Å². The summed E-state index contributed by atoms with van der Waals surface area (Å²) in [5.74, 6) is -0.733. The number of benzene rings is 2. The van der Waals surface area contributed by atoms with E-state index in [2.05, 4.69) is 0 Å². The van der Waals surface area contributed by atoms with Gasteiger partial charge in [0.25, 0.3) is 0 Å². The molecule has 0 radical (unpaired) electrons. The first kappa shape index (κ1) is 15.2.